The normalized spacial score (nSPS) is 11.7. The van der Waals surface area contributed by atoms with Gasteiger partial charge in [0.25, 0.3) is 10.0 Å². The molecule has 0 atom stereocenters. The van der Waals surface area contributed by atoms with Crippen molar-refractivity contribution in [3.8, 4) is 0 Å². The highest BCUT2D eigenvalue weighted by Gasteiger charge is 2.18. The predicted octanol–water partition coefficient (Wildman–Crippen LogP) is 0.350. The lowest BCUT2D eigenvalue weighted by molar-refractivity contribution is 0.277. The van der Waals surface area contributed by atoms with Crippen LogP contribution in [-0.2, 0) is 23.7 Å². The Hall–Kier alpha value is -1.80. The fourth-order valence-corrected chi connectivity index (χ4v) is 2.69. The van der Waals surface area contributed by atoms with Gasteiger partial charge in [-0.15, -0.1) is 0 Å². The fraction of sp³-hybridized carbons (Fsp3) is 0.300. The predicted molar refractivity (Wildman–Crippen MR) is 65.5 cm³/mol. The number of hydrogen-bond donors (Lipinski definition) is 3. The summed E-state index contributed by atoms with van der Waals surface area (Å²) < 4.78 is 28.1. The van der Waals surface area contributed by atoms with Gasteiger partial charge in [-0.1, -0.05) is 0 Å². The average molecular weight is 270 g/mol. The summed E-state index contributed by atoms with van der Waals surface area (Å²) in [4.78, 5) is 2.76. The summed E-state index contributed by atoms with van der Waals surface area (Å²) in [6.07, 6.45) is 2.92. The van der Waals surface area contributed by atoms with E-state index in [0.29, 0.717) is 17.1 Å². The maximum Gasteiger partial charge on any atom is 0.263 e. The molecule has 0 aliphatic heterocycles. The lowest BCUT2D eigenvalue weighted by Gasteiger charge is -2.04. The van der Waals surface area contributed by atoms with E-state index < -0.39 is 10.0 Å². The maximum absolute atomic E-state index is 12.0. The van der Waals surface area contributed by atoms with Crippen molar-refractivity contribution >= 4 is 15.7 Å². The van der Waals surface area contributed by atoms with Crippen molar-refractivity contribution in [3.63, 3.8) is 0 Å². The lowest BCUT2D eigenvalue weighted by Crippen LogP contribution is -2.12. The first-order valence-corrected chi connectivity index (χ1v) is 6.72. The van der Waals surface area contributed by atoms with Crippen molar-refractivity contribution in [1.29, 1.82) is 0 Å². The van der Waals surface area contributed by atoms with Gasteiger partial charge in [-0.25, -0.2) is 8.42 Å². The van der Waals surface area contributed by atoms with Crippen LogP contribution < -0.4 is 4.72 Å². The van der Waals surface area contributed by atoms with Crippen LogP contribution in [0.3, 0.4) is 0 Å². The highest BCUT2D eigenvalue weighted by Crippen LogP contribution is 2.18. The maximum atomic E-state index is 12.0. The Morgan fingerprint density at radius 1 is 1.56 bits per heavy atom. The van der Waals surface area contributed by atoms with Crippen LogP contribution in [0.2, 0.25) is 0 Å². The van der Waals surface area contributed by atoms with E-state index in [4.69, 9.17) is 5.11 Å². The van der Waals surface area contributed by atoms with E-state index in [1.807, 2.05) is 0 Å². The van der Waals surface area contributed by atoms with Gasteiger partial charge in [0.05, 0.1) is 18.0 Å². The third-order valence-corrected chi connectivity index (χ3v) is 3.80. The number of aryl methyl sites for hydroxylation is 2. The molecule has 98 valence electrons. The van der Waals surface area contributed by atoms with Crippen molar-refractivity contribution in [3.05, 3.63) is 29.8 Å². The van der Waals surface area contributed by atoms with Crippen LogP contribution in [0.4, 0.5) is 5.69 Å². The first kappa shape index (κ1) is 12.7. The first-order valence-electron chi connectivity index (χ1n) is 5.23. The summed E-state index contributed by atoms with van der Waals surface area (Å²) in [5.41, 5.74) is 1.47. The molecule has 18 heavy (non-hydrogen) atoms. The Bertz CT molecular complexity index is 656. The number of aliphatic hydroxyl groups is 1. The van der Waals surface area contributed by atoms with Crippen LogP contribution >= 0.6 is 0 Å². The van der Waals surface area contributed by atoms with Crippen LogP contribution in [0.1, 0.15) is 11.4 Å². The van der Waals surface area contributed by atoms with E-state index in [9.17, 15) is 8.42 Å². The summed E-state index contributed by atoms with van der Waals surface area (Å²) >= 11 is 0. The van der Waals surface area contributed by atoms with Gasteiger partial charge in [0, 0.05) is 25.1 Å². The van der Waals surface area contributed by atoms with Crippen molar-refractivity contribution < 1.29 is 13.5 Å². The molecule has 8 heteroatoms. The molecule has 0 radical (unpaired) electrons. The van der Waals surface area contributed by atoms with Gasteiger partial charge in [-0.3, -0.25) is 9.40 Å². The zero-order valence-electron chi connectivity index (χ0n) is 10.0. The minimum absolute atomic E-state index is 0.0785. The smallest absolute Gasteiger partial charge is 0.263 e. The Morgan fingerprint density at radius 3 is 2.78 bits per heavy atom. The summed E-state index contributed by atoms with van der Waals surface area (Å²) in [5, 5.41) is 12.9. The molecule has 0 saturated heterocycles. The molecule has 2 aromatic rings. The Kier molecular flexibility index (Phi) is 3.14. The molecule has 0 aliphatic carbocycles. The number of rotatable bonds is 4. The molecule has 0 aromatic carbocycles. The number of aromatic nitrogens is 3. The van der Waals surface area contributed by atoms with Gasteiger partial charge in [0.15, 0.2) is 0 Å². The molecule has 3 N–H and O–H groups in total. The second-order valence-corrected chi connectivity index (χ2v) is 5.61. The van der Waals surface area contributed by atoms with Crippen molar-refractivity contribution in [2.24, 2.45) is 7.05 Å². The van der Waals surface area contributed by atoms with E-state index in [1.54, 1.807) is 20.2 Å². The molecule has 2 heterocycles. The van der Waals surface area contributed by atoms with Crippen molar-refractivity contribution in [2.75, 3.05) is 4.72 Å². The van der Waals surface area contributed by atoms with Gasteiger partial charge < -0.3 is 10.1 Å². The van der Waals surface area contributed by atoms with Crippen molar-refractivity contribution in [1.82, 2.24) is 14.8 Å². The topological polar surface area (TPSA) is 100 Å². The molecule has 0 spiro atoms. The molecule has 7 nitrogen and oxygen atoms in total. The monoisotopic (exact) mass is 270 g/mol. The van der Waals surface area contributed by atoms with E-state index in [-0.39, 0.29) is 11.5 Å². The summed E-state index contributed by atoms with van der Waals surface area (Å²) in [6, 6.07) is 1.38. The molecule has 0 unspecified atom stereocenters. The number of aromatic amines is 1. The zero-order valence-corrected chi connectivity index (χ0v) is 10.8. The number of anilines is 1. The first-order chi connectivity index (χ1) is 8.42. The second kappa shape index (κ2) is 4.46. The zero-order chi connectivity index (χ0) is 13.3. The van der Waals surface area contributed by atoms with E-state index >= 15 is 0 Å². The number of nitrogens with zero attached hydrogens (tertiary/aromatic N) is 2. The molecule has 0 amide bonds. The van der Waals surface area contributed by atoms with Crippen LogP contribution in [0.5, 0.6) is 0 Å². The van der Waals surface area contributed by atoms with Crippen LogP contribution in [0.15, 0.2) is 23.4 Å². The molecular formula is C10H14N4O3S. The Labute approximate surface area is 105 Å². The fourth-order valence-electron chi connectivity index (χ4n) is 1.57. The van der Waals surface area contributed by atoms with Gasteiger partial charge in [-0.05, 0) is 13.0 Å². The third kappa shape index (κ3) is 2.39. The number of H-pyrrole nitrogens is 1. The molecule has 0 saturated carbocycles. The number of nitrogens with one attached hydrogen (secondary N) is 2. The lowest BCUT2D eigenvalue weighted by atomic mass is 10.4. The van der Waals surface area contributed by atoms with Gasteiger partial charge >= 0.3 is 0 Å². The van der Waals surface area contributed by atoms with Gasteiger partial charge in [0.1, 0.15) is 4.90 Å². The SMILES string of the molecule is Cc1nn(C)cc1NS(=O)(=O)c1c[nH]c(CO)c1. The molecular weight excluding hydrogens is 256 g/mol. The molecule has 0 fully saturated rings. The van der Waals surface area contributed by atoms with Gasteiger partial charge in [-0.2, -0.15) is 5.10 Å². The third-order valence-electron chi connectivity index (χ3n) is 2.45. The number of aliphatic hydroxyl groups excluding tert-OH is 1. The van der Waals surface area contributed by atoms with E-state index in [1.165, 1.54) is 16.9 Å². The van der Waals surface area contributed by atoms with Crippen LogP contribution in [-0.4, -0.2) is 28.3 Å². The van der Waals surface area contributed by atoms with E-state index in [0.717, 1.165) is 0 Å². The molecule has 0 aliphatic rings. The molecule has 2 rings (SSSR count). The van der Waals surface area contributed by atoms with Crippen molar-refractivity contribution in [2.45, 2.75) is 18.4 Å². The standard InChI is InChI=1S/C10H14N4O3S/c1-7-10(5-14(2)12-7)13-18(16,17)9-3-8(6-15)11-4-9/h3-5,11,13,15H,6H2,1-2H3. The molecule has 0 bridgehead atoms. The summed E-state index contributed by atoms with van der Waals surface area (Å²) in [7, 11) is -1.94. The number of hydrogen-bond acceptors (Lipinski definition) is 4. The Balaban J connectivity index is 2.29. The number of sulfonamides is 1. The highest BCUT2D eigenvalue weighted by atomic mass is 32.2. The van der Waals surface area contributed by atoms with Gasteiger partial charge in [0.2, 0.25) is 0 Å². The molecule has 2 aromatic heterocycles. The summed E-state index contributed by atoms with van der Waals surface area (Å²) in [6.45, 7) is 1.48. The van der Waals surface area contributed by atoms with Crippen LogP contribution in [0.25, 0.3) is 0 Å². The van der Waals surface area contributed by atoms with E-state index in [2.05, 4.69) is 14.8 Å². The minimum atomic E-state index is -3.66. The minimum Gasteiger partial charge on any atom is -0.390 e. The van der Waals surface area contributed by atoms with Crippen LogP contribution in [0, 0.1) is 6.92 Å². The average Bonchev–Trinajstić information content (AvgIpc) is 2.86. The largest absolute Gasteiger partial charge is 0.390 e. The quantitative estimate of drug-likeness (QED) is 0.746. The Morgan fingerprint density at radius 2 is 2.28 bits per heavy atom. The summed E-state index contributed by atoms with van der Waals surface area (Å²) in [5.74, 6) is 0. The highest BCUT2D eigenvalue weighted by molar-refractivity contribution is 7.92. The second-order valence-electron chi connectivity index (χ2n) is 3.93.